The maximum absolute atomic E-state index is 12.1. The lowest BCUT2D eigenvalue weighted by Gasteiger charge is -2.09. The monoisotopic (exact) mass is 1460 g/mol. The van der Waals surface area contributed by atoms with Crippen LogP contribution in [0.15, 0.2) is 243 Å². The van der Waals surface area contributed by atoms with Gasteiger partial charge in [-0.15, -0.1) is 0 Å². The summed E-state index contributed by atoms with van der Waals surface area (Å²) < 4.78 is 7.51. The van der Waals surface area contributed by atoms with Crippen molar-refractivity contribution in [2.45, 2.75) is 66.2 Å². The van der Waals surface area contributed by atoms with Crippen LogP contribution in [0.1, 0.15) is 66.0 Å². The Hall–Kier alpha value is -12.8. The molecule has 22 heteroatoms. The highest BCUT2D eigenvalue weighted by molar-refractivity contribution is 6.33. The summed E-state index contributed by atoms with van der Waals surface area (Å²) in [5, 5.41) is 48.0. The van der Waals surface area contributed by atoms with E-state index in [-0.39, 0.29) is 41.7 Å². The predicted octanol–water partition coefficient (Wildman–Crippen LogP) is 16.1. The number of phenols is 2. The first-order chi connectivity index (χ1) is 51.7. The number of aromatic hydroxyl groups is 2. The van der Waals surface area contributed by atoms with Crippen molar-refractivity contribution < 1.29 is 43.7 Å². The number of nitrogens with two attached hydrogens (primary N) is 1. The topological polar surface area (TPSA) is 303 Å². The van der Waals surface area contributed by atoms with E-state index in [1.165, 1.54) is 44.5 Å². The van der Waals surface area contributed by atoms with Gasteiger partial charge >= 0.3 is 30.2 Å². The molecule has 11 aromatic rings. The summed E-state index contributed by atoms with van der Waals surface area (Å²) >= 11 is 5.95. The number of anilines is 5. The van der Waals surface area contributed by atoms with Gasteiger partial charge in [0.1, 0.15) is 17.2 Å². The summed E-state index contributed by atoms with van der Waals surface area (Å²) in [5.41, 5.74) is 22.0. The number of nitrogens with one attached hydrogen (secondary N) is 10. The number of hydrogen-bond donors (Lipinski definition) is 13. The van der Waals surface area contributed by atoms with E-state index in [1.54, 1.807) is 72.8 Å². The molecule has 10 aromatic carbocycles. The van der Waals surface area contributed by atoms with Crippen molar-refractivity contribution in [3.63, 3.8) is 0 Å². The van der Waals surface area contributed by atoms with E-state index in [2.05, 4.69) is 140 Å². The normalized spacial score (nSPS) is 10.7. The molecule has 0 atom stereocenters. The van der Waals surface area contributed by atoms with Crippen LogP contribution in [-0.2, 0) is 45.6 Å². The molecule has 554 valence electrons. The summed E-state index contributed by atoms with van der Waals surface area (Å²) in [4.78, 5) is 70.1. The van der Waals surface area contributed by atoms with Gasteiger partial charge in [0.25, 0.3) is 0 Å². The van der Waals surface area contributed by atoms with Crippen molar-refractivity contribution >= 4 is 87.0 Å². The Morgan fingerprint density at radius 1 is 0.411 bits per heavy atom. The van der Waals surface area contributed by atoms with Gasteiger partial charge in [-0.05, 0) is 190 Å². The minimum Gasteiger partial charge on any atom is -0.508 e. The van der Waals surface area contributed by atoms with Crippen LogP contribution in [0.5, 0.6) is 17.2 Å². The molecule has 0 fully saturated rings. The number of ether oxygens (including phenoxy) is 1. The number of aromatic nitrogens is 1. The summed E-state index contributed by atoms with van der Waals surface area (Å²) in [6.07, 6.45) is 6.75. The van der Waals surface area contributed by atoms with Crippen molar-refractivity contribution in [3.05, 3.63) is 309 Å². The zero-order valence-electron chi connectivity index (χ0n) is 60.7. The van der Waals surface area contributed by atoms with Gasteiger partial charge in [0.15, 0.2) is 0 Å². The van der Waals surface area contributed by atoms with Crippen LogP contribution in [0.4, 0.5) is 52.4 Å². The first kappa shape index (κ1) is 79.9. The maximum Gasteiger partial charge on any atom is 0.319 e. The molecule has 12 rings (SSSR count). The number of nitrogens with zero attached hydrogens (tertiary/aromatic N) is 1. The molecule has 11 amide bonds. The van der Waals surface area contributed by atoms with E-state index in [0.717, 1.165) is 70.5 Å². The zero-order chi connectivity index (χ0) is 76.3. The molecule has 0 bridgehead atoms. The smallest absolute Gasteiger partial charge is 0.319 e. The number of carbonyl (C=O) groups is 6. The number of fused-ring (bicyclic) bond motifs is 2. The third-order valence-electron chi connectivity index (χ3n) is 16.7. The lowest BCUT2D eigenvalue weighted by molar-refractivity contribution is 0.1000. The summed E-state index contributed by atoms with van der Waals surface area (Å²) in [7, 11) is 1.99. The van der Waals surface area contributed by atoms with Gasteiger partial charge < -0.3 is 78.4 Å². The maximum atomic E-state index is 12.1. The average Bonchev–Trinajstić information content (AvgIpc) is 1.69. The van der Waals surface area contributed by atoms with Gasteiger partial charge in [0, 0.05) is 92.0 Å². The molecule has 0 saturated heterocycles. The molecule has 0 aliphatic carbocycles. The number of amides is 11. The van der Waals surface area contributed by atoms with Gasteiger partial charge in [-0.3, -0.25) is 4.79 Å². The van der Waals surface area contributed by atoms with Gasteiger partial charge in [-0.1, -0.05) is 167 Å². The van der Waals surface area contributed by atoms with Gasteiger partial charge in [0.2, 0.25) is 5.91 Å². The Kier molecular flexibility index (Phi) is 31.5. The second kappa shape index (κ2) is 42.1. The van der Waals surface area contributed by atoms with Crippen molar-refractivity contribution in [2.75, 3.05) is 65.9 Å². The first-order valence-corrected chi connectivity index (χ1v) is 35.5. The van der Waals surface area contributed by atoms with Crippen molar-refractivity contribution in [3.8, 4) is 17.2 Å². The minimum absolute atomic E-state index is 0.166. The number of aryl methyl sites for hydroxylation is 5. The summed E-state index contributed by atoms with van der Waals surface area (Å²) in [6.45, 7) is 11.7. The second-order valence-electron chi connectivity index (χ2n) is 25.3. The number of urea groups is 5. The Bertz CT molecular complexity index is 4660. The molecule has 1 aliphatic heterocycles. The lowest BCUT2D eigenvalue weighted by atomic mass is 10.1. The Labute approximate surface area is 629 Å². The molecule has 14 N–H and O–H groups in total. The quantitative estimate of drug-likeness (QED) is 0.0325. The van der Waals surface area contributed by atoms with E-state index in [0.29, 0.717) is 74.1 Å². The fourth-order valence-corrected chi connectivity index (χ4v) is 10.8. The fourth-order valence-electron chi connectivity index (χ4n) is 10.6. The number of phenolic OH excluding ortho intramolecular Hbond substituents is 2. The highest BCUT2D eigenvalue weighted by Crippen LogP contribution is 2.29. The van der Waals surface area contributed by atoms with E-state index >= 15 is 0 Å². The Balaban J connectivity index is 0.000000169. The third-order valence-corrected chi connectivity index (χ3v) is 17.0. The fraction of sp³-hybridized carbons (Fsp3) is 0.200. The molecular weight excluding hydrogens is 1370 g/mol. The minimum atomic E-state index is -0.492. The van der Waals surface area contributed by atoms with Crippen LogP contribution in [0.2, 0.25) is 5.02 Å². The molecule has 0 spiro atoms. The number of primary amides is 1. The second-order valence-corrected chi connectivity index (χ2v) is 25.7. The van der Waals surface area contributed by atoms with E-state index in [1.807, 2.05) is 123 Å². The highest BCUT2D eigenvalue weighted by atomic mass is 35.5. The predicted molar refractivity (Wildman–Crippen MR) is 430 cm³/mol. The molecule has 0 radical (unpaired) electrons. The number of carbonyl (C=O) groups excluding carboxylic acids is 6. The van der Waals surface area contributed by atoms with Crippen LogP contribution >= 0.6 is 11.6 Å². The first-order valence-electron chi connectivity index (χ1n) is 35.1. The molecule has 107 heavy (non-hydrogen) atoms. The number of rotatable bonds is 21. The number of para-hydroxylation sites is 1. The zero-order valence-corrected chi connectivity index (χ0v) is 61.5. The standard InChI is InChI=1S/C19H21N3O.C17H19N3O2.C17H18N2O3.C17H20N2O.C15H15ClN2O2/c1-14-6-8-15(9-7-14)10-12-20-19(23)21-17-4-3-5-18-16(17)11-13-22(18)2;1-12-2-4-13(5-3-12)10-11-19-17(22)20-15-8-6-14(7-9-15)16(18)21;20-15-5-1-12(2-6-15)7-9-18-17(21)19-14-4-3-13-8-10-22-16(13)11-14;1-13-3-7-15(8-4-13)11-12-18-17(20)19-16-9-5-14(2)6-10-16;16-13-3-1-2-4-14(13)18-15(20)17-10-9-11-5-7-12(19)8-6-11/h3-9,11,13H,10,12H2,1-2H3,(H2,20,21,23);2-9H,10-11H2,1H3,(H2,18,21)(H2,19,20,22);1-6,11,20H,7-10H2,(H2,18,19,21);3-10H,11-12H2,1-2H3,(H2,18,19,20);1-8,19H,9-10H2,(H2,17,18,20). The molecule has 0 unspecified atom stereocenters. The summed E-state index contributed by atoms with van der Waals surface area (Å²) in [5.74, 6) is 0.836. The van der Waals surface area contributed by atoms with E-state index < -0.39 is 5.91 Å². The van der Waals surface area contributed by atoms with Gasteiger partial charge in [-0.2, -0.15) is 0 Å². The molecule has 21 nitrogen and oxygen atoms in total. The largest absolute Gasteiger partial charge is 0.508 e. The Morgan fingerprint density at radius 3 is 1.19 bits per heavy atom. The van der Waals surface area contributed by atoms with Crippen molar-refractivity contribution in [1.82, 2.24) is 31.2 Å². The molecule has 2 heterocycles. The molecule has 0 saturated carbocycles. The highest BCUT2D eigenvalue weighted by Gasteiger charge is 2.14. The SMILES string of the molecule is Cc1ccc(CCNC(=O)Nc2ccc(C(N)=O)cc2)cc1.Cc1ccc(CCNC(=O)Nc2ccc(C)cc2)cc1.Cc1ccc(CCNC(=O)Nc2cccc3c2ccn3C)cc1.O=C(NCCc1ccc(O)cc1)Nc1ccc2c(c1)OCC2.O=C(NCCc1ccc(O)cc1)Nc1ccccc1Cl. The molecular formula is C85H93ClN12O9. The average molecular weight is 1460 g/mol. The third kappa shape index (κ3) is 28.8. The lowest BCUT2D eigenvalue weighted by Crippen LogP contribution is -2.30. The van der Waals surface area contributed by atoms with Crippen LogP contribution in [0.25, 0.3) is 10.9 Å². The number of halogens is 1. The van der Waals surface area contributed by atoms with E-state index in [4.69, 9.17) is 27.2 Å². The number of hydrogen-bond acceptors (Lipinski definition) is 9. The Morgan fingerprint density at radius 2 is 0.766 bits per heavy atom. The van der Waals surface area contributed by atoms with Crippen molar-refractivity contribution in [2.24, 2.45) is 12.8 Å². The number of benzene rings is 10. The van der Waals surface area contributed by atoms with Crippen LogP contribution in [0, 0.1) is 27.7 Å². The van der Waals surface area contributed by atoms with Crippen molar-refractivity contribution in [1.29, 1.82) is 0 Å². The molecule has 1 aromatic heterocycles. The van der Waals surface area contributed by atoms with E-state index in [9.17, 15) is 33.9 Å². The van der Waals surface area contributed by atoms with Gasteiger partial charge in [0.05, 0.1) is 23.0 Å². The van der Waals surface area contributed by atoms with Crippen LogP contribution < -0.4 is 63.6 Å². The summed E-state index contributed by atoms with van der Waals surface area (Å²) in [6, 6.07) is 72.5. The van der Waals surface area contributed by atoms with Crippen LogP contribution in [-0.4, -0.2) is 90.2 Å². The molecule has 1 aliphatic rings. The van der Waals surface area contributed by atoms with Gasteiger partial charge in [-0.25, -0.2) is 24.0 Å². The van der Waals surface area contributed by atoms with Crippen LogP contribution in [0.3, 0.4) is 0 Å².